The first-order chi connectivity index (χ1) is 10.1. The van der Waals surface area contributed by atoms with Crippen LogP contribution in [-0.4, -0.2) is 42.5 Å². The van der Waals surface area contributed by atoms with Gasteiger partial charge in [0.15, 0.2) is 0 Å². The quantitative estimate of drug-likeness (QED) is 0.778. The molecule has 2 N–H and O–H groups in total. The first kappa shape index (κ1) is 14.6. The minimum Gasteiger partial charge on any atom is -0.381 e. The molecule has 5 heteroatoms. The van der Waals surface area contributed by atoms with Gasteiger partial charge in [-0.2, -0.15) is 0 Å². The second kappa shape index (κ2) is 5.79. The van der Waals surface area contributed by atoms with E-state index in [4.69, 9.17) is 10.5 Å². The van der Waals surface area contributed by atoms with Gasteiger partial charge in [0.25, 0.3) is 0 Å². The molecule has 1 aliphatic carbocycles. The van der Waals surface area contributed by atoms with Gasteiger partial charge >= 0.3 is 0 Å². The lowest BCUT2D eigenvalue weighted by Crippen LogP contribution is -2.62. The van der Waals surface area contributed by atoms with Crippen molar-refractivity contribution in [2.24, 2.45) is 17.1 Å². The Bertz CT molecular complexity index is 441. The Balaban J connectivity index is 1.84. The van der Waals surface area contributed by atoms with Crippen molar-refractivity contribution in [3.8, 4) is 0 Å². The summed E-state index contributed by atoms with van der Waals surface area (Å²) in [6.07, 6.45) is 9.26. The summed E-state index contributed by atoms with van der Waals surface area (Å²) in [5, 5.41) is 0. The fourth-order valence-electron chi connectivity index (χ4n) is 4.25. The zero-order valence-corrected chi connectivity index (χ0v) is 12.4. The summed E-state index contributed by atoms with van der Waals surface area (Å²) in [5.74, 6) is -0.243. The van der Waals surface area contributed by atoms with Crippen molar-refractivity contribution in [2.75, 3.05) is 19.8 Å². The molecule has 2 amide bonds. The largest absolute Gasteiger partial charge is 0.381 e. The minimum absolute atomic E-state index is 0.00170. The molecule has 0 bridgehead atoms. The van der Waals surface area contributed by atoms with Gasteiger partial charge in [-0.3, -0.25) is 9.59 Å². The van der Waals surface area contributed by atoms with E-state index in [2.05, 4.69) is 12.2 Å². The number of carbonyl (C=O) groups is 2. The second-order valence-electron chi connectivity index (χ2n) is 6.55. The van der Waals surface area contributed by atoms with Crippen LogP contribution in [-0.2, 0) is 14.3 Å². The van der Waals surface area contributed by atoms with Crippen molar-refractivity contribution >= 4 is 11.8 Å². The third kappa shape index (κ3) is 2.59. The van der Waals surface area contributed by atoms with E-state index in [1.807, 2.05) is 0 Å². The third-order valence-corrected chi connectivity index (χ3v) is 5.36. The Kier molecular flexibility index (Phi) is 4.02. The van der Waals surface area contributed by atoms with Crippen LogP contribution in [0.25, 0.3) is 0 Å². The molecule has 2 heterocycles. The maximum atomic E-state index is 12.8. The van der Waals surface area contributed by atoms with Crippen molar-refractivity contribution in [2.45, 2.75) is 44.6 Å². The van der Waals surface area contributed by atoms with Crippen molar-refractivity contribution in [3.63, 3.8) is 0 Å². The summed E-state index contributed by atoms with van der Waals surface area (Å²) in [7, 11) is 0. The van der Waals surface area contributed by atoms with Gasteiger partial charge in [0, 0.05) is 31.1 Å². The number of nitrogens with zero attached hydrogens (tertiary/aromatic N) is 1. The van der Waals surface area contributed by atoms with E-state index < -0.39 is 6.04 Å². The molecule has 3 aliphatic rings. The maximum absolute atomic E-state index is 12.8. The standard InChI is InChI=1S/C16H24N2O3/c17-14(19)13-16(7-10-21-11-8-16)6-3-9-18(13)15(20)12-4-1-2-5-12/h1-2,12-13H,3-11H2,(H2,17,19). The first-order valence-electron chi connectivity index (χ1n) is 7.97. The molecule has 2 aliphatic heterocycles. The molecule has 21 heavy (non-hydrogen) atoms. The molecular weight excluding hydrogens is 268 g/mol. The average Bonchev–Trinajstić information content (AvgIpc) is 3.01. The van der Waals surface area contributed by atoms with Crippen molar-refractivity contribution in [1.82, 2.24) is 4.90 Å². The van der Waals surface area contributed by atoms with Crippen molar-refractivity contribution in [3.05, 3.63) is 12.2 Å². The van der Waals surface area contributed by atoms with Crippen LogP contribution in [0.4, 0.5) is 0 Å². The highest BCUT2D eigenvalue weighted by Gasteiger charge is 2.50. The fraction of sp³-hybridized carbons (Fsp3) is 0.750. The highest BCUT2D eigenvalue weighted by atomic mass is 16.5. The SMILES string of the molecule is NC(=O)C1N(C(=O)C2CC=CC2)CCCC12CCOCC2. The smallest absolute Gasteiger partial charge is 0.240 e. The first-order valence-corrected chi connectivity index (χ1v) is 7.97. The Labute approximate surface area is 125 Å². The van der Waals surface area contributed by atoms with Crippen LogP contribution in [0.3, 0.4) is 0 Å². The molecule has 3 rings (SSSR count). The van der Waals surface area contributed by atoms with Crippen LogP contribution in [0, 0.1) is 11.3 Å². The molecule has 0 radical (unpaired) electrons. The third-order valence-electron chi connectivity index (χ3n) is 5.36. The molecule has 2 fully saturated rings. The predicted octanol–water partition coefficient (Wildman–Crippen LogP) is 1.23. The van der Waals surface area contributed by atoms with Crippen LogP contribution in [0.2, 0.25) is 0 Å². The Morgan fingerprint density at radius 1 is 1.14 bits per heavy atom. The van der Waals surface area contributed by atoms with Crippen LogP contribution in [0.5, 0.6) is 0 Å². The van der Waals surface area contributed by atoms with E-state index in [9.17, 15) is 9.59 Å². The van der Waals surface area contributed by atoms with Gasteiger partial charge in [-0.05, 0) is 38.5 Å². The number of allylic oxidation sites excluding steroid dienone is 2. The summed E-state index contributed by atoms with van der Waals surface area (Å²) in [6.45, 7) is 1.99. The van der Waals surface area contributed by atoms with Crippen molar-refractivity contribution in [1.29, 1.82) is 0 Å². The average molecular weight is 292 g/mol. The zero-order chi connectivity index (χ0) is 14.9. The van der Waals surface area contributed by atoms with Gasteiger partial charge in [-0.15, -0.1) is 0 Å². The molecule has 0 aromatic heterocycles. The molecule has 1 spiro atoms. The Morgan fingerprint density at radius 2 is 1.81 bits per heavy atom. The van der Waals surface area contributed by atoms with E-state index in [1.54, 1.807) is 4.90 Å². The topological polar surface area (TPSA) is 72.6 Å². The monoisotopic (exact) mass is 292 g/mol. The summed E-state index contributed by atoms with van der Waals surface area (Å²) >= 11 is 0. The molecule has 5 nitrogen and oxygen atoms in total. The number of likely N-dealkylation sites (tertiary alicyclic amines) is 1. The lowest BCUT2D eigenvalue weighted by molar-refractivity contribution is -0.156. The fourth-order valence-corrected chi connectivity index (χ4v) is 4.25. The number of primary amides is 1. The lowest BCUT2D eigenvalue weighted by atomic mass is 9.67. The highest BCUT2D eigenvalue weighted by molar-refractivity contribution is 5.89. The van der Waals surface area contributed by atoms with Crippen LogP contribution < -0.4 is 5.73 Å². The van der Waals surface area contributed by atoms with Gasteiger partial charge in [0.1, 0.15) is 6.04 Å². The molecule has 0 aromatic carbocycles. The predicted molar refractivity (Wildman–Crippen MR) is 78.3 cm³/mol. The maximum Gasteiger partial charge on any atom is 0.240 e. The number of ether oxygens (including phenoxy) is 1. The zero-order valence-electron chi connectivity index (χ0n) is 12.4. The minimum atomic E-state index is -0.455. The second-order valence-corrected chi connectivity index (χ2v) is 6.55. The van der Waals surface area contributed by atoms with E-state index in [-0.39, 0.29) is 23.1 Å². The number of piperidine rings is 1. The Hall–Kier alpha value is -1.36. The van der Waals surface area contributed by atoms with Gasteiger partial charge in [-0.1, -0.05) is 12.2 Å². The van der Waals surface area contributed by atoms with Crippen LogP contribution >= 0.6 is 0 Å². The highest BCUT2D eigenvalue weighted by Crippen LogP contribution is 2.44. The normalized spacial score (nSPS) is 29.0. The number of hydrogen-bond donors (Lipinski definition) is 1. The number of amides is 2. The van der Waals surface area contributed by atoms with E-state index in [0.29, 0.717) is 19.8 Å². The number of rotatable bonds is 2. The van der Waals surface area contributed by atoms with E-state index in [1.165, 1.54) is 0 Å². The van der Waals surface area contributed by atoms with Crippen LogP contribution in [0.15, 0.2) is 12.2 Å². The van der Waals surface area contributed by atoms with Gasteiger partial charge in [-0.25, -0.2) is 0 Å². The summed E-state index contributed by atoms with van der Waals surface area (Å²) in [4.78, 5) is 26.7. The number of hydrogen-bond acceptors (Lipinski definition) is 3. The Morgan fingerprint density at radius 3 is 2.43 bits per heavy atom. The molecule has 1 unspecified atom stereocenters. The van der Waals surface area contributed by atoms with Gasteiger partial charge in [0.05, 0.1) is 0 Å². The lowest BCUT2D eigenvalue weighted by Gasteiger charge is -2.50. The van der Waals surface area contributed by atoms with E-state index >= 15 is 0 Å². The molecule has 0 aromatic rings. The van der Waals surface area contributed by atoms with Crippen molar-refractivity contribution < 1.29 is 14.3 Å². The molecule has 2 saturated heterocycles. The summed E-state index contributed by atoms with van der Waals surface area (Å²) in [5.41, 5.74) is 5.55. The molecular formula is C16H24N2O3. The van der Waals surface area contributed by atoms with Gasteiger partial charge < -0.3 is 15.4 Å². The number of carbonyl (C=O) groups excluding carboxylic acids is 2. The molecule has 116 valence electrons. The van der Waals surface area contributed by atoms with E-state index in [0.717, 1.165) is 38.5 Å². The molecule has 0 saturated carbocycles. The summed E-state index contributed by atoms with van der Waals surface area (Å²) in [6, 6.07) is -0.455. The number of nitrogens with two attached hydrogens (primary N) is 1. The summed E-state index contributed by atoms with van der Waals surface area (Å²) < 4.78 is 5.46. The van der Waals surface area contributed by atoms with Crippen LogP contribution in [0.1, 0.15) is 38.5 Å². The molecule has 1 atom stereocenters. The van der Waals surface area contributed by atoms with Gasteiger partial charge in [0.2, 0.25) is 11.8 Å².